The number of aromatic nitrogens is 7. The topological polar surface area (TPSA) is 86.7 Å². The minimum atomic E-state index is 0.864. The van der Waals surface area contributed by atoms with Crippen LogP contribution in [0.4, 0.5) is 0 Å². The molecule has 3 rings (SSSR count). The third-order valence-electron chi connectivity index (χ3n) is 2.57. The fourth-order valence-electron chi connectivity index (χ4n) is 1.61. The first-order chi connectivity index (χ1) is 9.33. The van der Waals surface area contributed by atoms with Crippen LogP contribution in [0.5, 0.6) is 0 Å². The zero-order chi connectivity index (χ0) is 13.1. The van der Waals surface area contributed by atoms with Crippen molar-refractivity contribution in [3.8, 4) is 5.69 Å². The van der Waals surface area contributed by atoms with Crippen LogP contribution in [-0.4, -0.2) is 40.8 Å². The Morgan fingerprint density at radius 1 is 1.00 bits per heavy atom. The van der Waals surface area contributed by atoms with Gasteiger partial charge in [-0.05, 0) is 35.0 Å². The van der Waals surface area contributed by atoms with Gasteiger partial charge in [0.15, 0.2) is 0 Å². The Morgan fingerprint density at radius 2 is 1.74 bits per heavy atom. The highest BCUT2D eigenvalue weighted by molar-refractivity contribution is 5.98. The quantitative estimate of drug-likeness (QED) is 0.636. The van der Waals surface area contributed by atoms with E-state index in [2.05, 4.69) is 30.8 Å². The van der Waals surface area contributed by atoms with Gasteiger partial charge in [0.2, 0.25) is 0 Å². The first-order valence-corrected chi connectivity index (χ1v) is 5.57. The molecule has 3 aromatic rings. The predicted octanol–water partition coefficient (Wildman–Crippen LogP) is 0.526. The van der Waals surface area contributed by atoms with Crippen LogP contribution in [0, 0.1) is 0 Å². The highest BCUT2D eigenvalue weighted by Crippen LogP contribution is 2.09. The Hall–Kier alpha value is -2.90. The van der Waals surface area contributed by atoms with Crippen molar-refractivity contribution in [1.82, 2.24) is 35.1 Å². The van der Waals surface area contributed by atoms with Crippen LogP contribution in [-0.2, 0) is 0 Å². The van der Waals surface area contributed by atoms with E-state index < -0.39 is 0 Å². The summed E-state index contributed by atoms with van der Waals surface area (Å²) in [7, 11) is 0. The van der Waals surface area contributed by atoms with Crippen LogP contribution in [0.1, 0.15) is 12.5 Å². The van der Waals surface area contributed by atoms with Crippen LogP contribution in [0.15, 0.2) is 48.3 Å². The highest BCUT2D eigenvalue weighted by Gasteiger charge is 2.01. The van der Waals surface area contributed by atoms with Crippen LogP contribution >= 0.6 is 0 Å². The van der Waals surface area contributed by atoms with Gasteiger partial charge >= 0.3 is 0 Å². The van der Waals surface area contributed by atoms with Gasteiger partial charge in [0.25, 0.3) is 0 Å². The van der Waals surface area contributed by atoms with Gasteiger partial charge in [-0.15, -0.1) is 15.3 Å². The summed E-state index contributed by atoms with van der Waals surface area (Å²) in [4.78, 5) is 0. The molecular weight excluding hydrogens is 244 g/mol. The van der Waals surface area contributed by atoms with E-state index in [4.69, 9.17) is 0 Å². The lowest BCUT2D eigenvalue weighted by Crippen LogP contribution is -2.00. The molecule has 8 heteroatoms. The number of rotatable bonds is 3. The van der Waals surface area contributed by atoms with Gasteiger partial charge in [0, 0.05) is 0 Å². The molecule has 0 amide bonds. The smallest absolute Gasteiger partial charge is 0.143 e. The molecular formula is C11H10N8. The van der Waals surface area contributed by atoms with Crippen molar-refractivity contribution in [3.05, 3.63) is 48.8 Å². The summed E-state index contributed by atoms with van der Waals surface area (Å²) in [6, 6.07) is 7.77. The molecule has 0 fully saturated rings. The van der Waals surface area contributed by atoms with Gasteiger partial charge in [0.05, 0.1) is 11.4 Å². The van der Waals surface area contributed by atoms with Crippen LogP contribution < -0.4 is 0 Å². The van der Waals surface area contributed by atoms with Crippen LogP contribution in [0.25, 0.3) is 5.69 Å². The Balaban J connectivity index is 1.87. The third kappa shape index (κ3) is 2.37. The maximum Gasteiger partial charge on any atom is 0.143 e. The molecule has 0 aliphatic heterocycles. The largest absolute Gasteiger partial charge is 0.207 e. The minimum Gasteiger partial charge on any atom is -0.207 e. The van der Waals surface area contributed by atoms with Crippen molar-refractivity contribution in [2.75, 3.05) is 0 Å². The Bertz CT molecular complexity index is 666. The number of tetrazole rings is 1. The third-order valence-corrected chi connectivity index (χ3v) is 2.57. The second kappa shape index (κ2) is 4.77. The van der Waals surface area contributed by atoms with Gasteiger partial charge in [-0.25, -0.2) is 9.36 Å². The maximum atomic E-state index is 4.34. The normalized spacial score (nSPS) is 11.7. The maximum absolute atomic E-state index is 4.34. The molecule has 1 aromatic carbocycles. The minimum absolute atomic E-state index is 0.864. The van der Waals surface area contributed by atoms with Crippen molar-refractivity contribution in [3.63, 3.8) is 0 Å². The highest BCUT2D eigenvalue weighted by atomic mass is 15.5. The van der Waals surface area contributed by atoms with Crippen molar-refractivity contribution in [2.24, 2.45) is 5.10 Å². The van der Waals surface area contributed by atoms with E-state index >= 15 is 0 Å². The average molecular weight is 254 g/mol. The molecule has 0 unspecified atom stereocenters. The van der Waals surface area contributed by atoms with Crippen molar-refractivity contribution < 1.29 is 0 Å². The summed E-state index contributed by atoms with van der Waals surface area (Å²) in [6.07, 6.45) is 4.63. The summed E-state index contributed by atoms with van der Waals surface area (Å²) in [5.41, 5.74) is 2.76. The molecule has 0 aliphatic rings. The van der Waals surface area contributed by atoms with Crippen molar-refractivity contribution in [2.45, 2.75) is 6.92 Å². The molecule has 0 N–H and O–H groups in total. The van der Waals surface area contributed by atoms with E-state index in [1.807, 2.05) is 31.2 Å². The van der Waals surface area contributed by atoms with E-state index in [0.29, 0.717) is 0 Å². The standard InChI is InChI=1S/C11H10N8/c1-9(15-18-6-12-13-7-18)10-2-4-11(5-3-10)19-8-14-16-17-19/h2-8H,1H3. The molecule has 0 atom stereocenters. The Labute approximate surface area is 108 Å². The summed E-state index contributed by atoms with van der Waals surface area (Å²) in [5, 5.41) is 22.8. The Kier molecular flexibility index (Phi) is 2.81. The summed E-state index contributed by atoms with van der Waals surface area (Å²) in [5.74, 6) is 0. The lowest BCUT2D eigenvalue weighted by Gasteiger charge is -2.03. The number of hydrogen-bond acceptors (Lipinski definition) is 6. The average Bonchev–Trinajstić information content (AvgIpc) is 3.12. The molecule has 0 saturated carbocycles. The van der Waals surface area contributed by atoms with Gasteiger partial charge in [-0.2, -0.15) is 5.10 Å². The summed E-state index contributed by atoms with van der Waals surface area (Å²) >= 11 is 0. The second-order valence-corrected chi connectivity index (χ2v) is 3.83. The first kappa shape index (κ1) is 11.2. The molecule has 0 spiro atoms. The summed E-state index contributed by atoms with van der Waals surface area (Å²) < 4.78 is 3.15. The number of nitrogens with zero attached hydrogens (tertiary/aromatic N) is 8. The first-order valence-electron chi connectivity index (χ1n) is 5.57. The van der Waals surface area contributed by atoms with Gasteiger partial charge in [-0.3, -0.25) is 0 Å². The molecule has 0 aliphatic carbocycles. The van der Waals surface area contributed by atoms with Crippen molar-refractivity contribution >= 4 is 5.71 Å². The molecule has 19 heavy (non-hydrogen) atoms. The van der Waals surface area contributed by atoms with Gasteiger partial charge in [-0.1, -0.05) is 12.1 Å². The Morgan fingerprint density at radius 3 is 2.37 bits per heavy atom. The monoisotopic (exact) mass is 254 g/mol. The molecule has 0 saturated heterocycles. The lowest BCUT2D eigenvalue weighted by molar-refractivity contribution is 0.789. The fourth-order valence-corrected chi connectivity index (χ4v) is 1.61. The van der Waals surface area contributed by atoms with E-state index in [-0.39, 0.29) is 0 Å². The predicted molar refractivity (Wildman–Crippen MR) is 66.8 cm³/mol. The zero-order valence-electron chi connectivity index (χ0n) is 10.1. The molecule has 94 valence electrons. The zero-order valence-corrected chi connectivity index (χ0v) is 10.1. The van der Waals surface area contributed by atoms with E-state index in [1.165, 1.54) is 0 Å². The SMILES string of the molecule is CC(=Nn1cnnc1)c1ccc(-n2cnnn2)cc1. The van der Waals surface area contributed by atoms with Gasteiger partial charge in [0.1, 0.15) is 19.0 Å². The van der Waals surface area contributed by atoms with E-state index in [9.17, 15) is 0 Å². The lowest BCUT2D eigenvalue weighted by atomic mass is 10.1. The number of hydrogen-bond donors (Lipinski definition) is 0. The molecule has 0 radical (unpaired) electrons. The van der Waals surface area contributed by atoms with Crippen LogP contribution in [0.3, 0.4) is 0 Å². The molecule has 2 aromatic heterocycles. The molecule has 2 heterocycles. The van der Waals surface area contributed by atoms with E-state index in [1.54, 1.807) is 28.3 Å². The van der Waals surface area contributed by atoms with Crippen LogP contribution in [0.2, 0.25) is 0 Å². The summed E-state index contributed by atoms with van der Waals surface area (Å²) in [6.45, 7) is 1.92. The number of benzene rings is 1. The van der Waals surface area contributed by atoms with E-state index in [0.717, 1.165) is 17.0 Å². The fraction of sp³-hybridized carbons (Fsp3) is 0.0909. The van der Waals surface area contributed by atoms with Crippen molar-refractivity contribution in [1.29, 1.82) is 0 Å². The molecule has 0 bridgehead atoms. The second-order valence-electron chi connectivity index (χ2n) is 3.83. The van der Waals surface area contributed by atoms with Gasteiger partial charge < -0.3 is 0 Å². The molecule has 8 nitrogen and oxygen atoms in total.